The monoisotopic (exact) mass is 499 g/mol. The Kier molecular flexibility index (Phi) is 7.43. The molecule has 0 radical (unpaired) electrons. The Hall–Kier alpha value is -2.96. The third kappa shape index (κ3) is 6.19. The predicted octanol–water partition coefficient (Wildman–Crippen LogP) is 6.42. The van der Waals surface area contributed by atoms with Crippen LogP contribution in [0.25, 0.3) is 16.3 Å². The van der Waals surface area contributed by atoms with Crippen LogP contribution in [0.3, 0.4) is 0 Å². The summed E-state index contributed by atoms with van der Waals surface area (Å²) in [5.74, 6) is 0.608. The fraction of sp³-hybridized carbons (Fsp3) is 0.423. The van der Waals surface area contributed by atoms with Crippen molar-refractivity contribution in [3.8, 4) is 6.07 Å². The second-order valence-corrected chi connectivity index (χ2v) is 10.3. The van der Waals surface area contributed by atoms with Crippen molar-refractivity contribution in [2.75, 3.05) is 18.4 Å². The van der Waals surface area contributed by atoms with E-state index in [2.05, 4.69) is 52.2 Å². The van der Waals surface area contributed by atoms with Crippen LogP contribution in [0.4, 0.5) is 19.0 Å². The summed E-state index contributed by atoms with van der Waals surface area (Å²) in [5.41, 5.74) is 5.43. The lowest BCUT2D eigenvalue weighted by Crippen LogP contribution is -2.39. The van der Waals surface area contributed by atoms with Gasteiger partial charge in [-0.1, -0.05) is 12.1 Å². The molecule has 184 valence electrons. The molecule has 0 amide bonds. The van der Waals surface area contributed by atoms with Crippen LogP contribution >= 0.6 is 11.3 Å². The maximum Gasteiger partial charge on any atom is 0.393 e. The average Bonchev–Trinajstić information content (AvgIpc) is 3.21. The van der Waals surface area contributed by atoms with E-state index < -0.39 is 12.6 Å². The van der Waals surface area contributed by atoms with Crippen molar-refractivity contribution >= 4 is 33.4 Å². The van der Waals surface area contributed by atoms with Crippen LogP contribution < -0.4 is 5.32 Å². The molecule has 1 fully saturated rings. The molecule has 1 N–H and O–H groups in total. The maximum absolute atomic E-state index is 12.8. The van der Waals surface area contributed by atoms with Gasteiger partial charge in [-0.3, -0.25) is 4.90 Å². The van der Waals surface area contributed by atoms with E-state index >= 15 is 0 Å². The zero-order valence-corrected chi connectivity index (χ0v) is 20.9. The zero-order valence-electron chi connectivity index (χ0n) is 20.0. The van der Waals surface area contributed by atoms with Crippen LogP contribution in [0.5, 0.6) is 0 Å². The van der Waals surface area contributed by atoms with Crippen molar-refractivity contribution in [3.63, 3.8) is 0 Å². The van der Waals surface area contributed by atoms with Crippen molar-refractivity contribution in [3.05, 3.63) is 57.2 Å². The van der Waals surface area contributed by atoms with E-state index in [9.17, 15) is 13.2 Å². The first-order chi connectivity index (χ1) is 16.6. The molecule has 1 saturated heterocycles. The number of halogens is 3. The van der Waals surface area contributed by atoms with Crippen LogP contribution in [-0.2, 0) is 13.0 Å². The highest BCUT2D eigenvalue weighted by molar-refractivity contribution is 7.18. The highest BCUT2D eigenvalue weighted by Gasteiger charge is 2.29. The van der Waals surface area contributed by atoms with Gasteiger partial charge < -0.3 is 5.32 Å². The number of nitriles is 1. The molecule has 1 aliphatic rings. The number of nitrogens with zero attached hydrogens (tertiary/aromatic N) is 4. The lowest BCUT2D eigenvalue weighted by atomic mass is 9.95. The van der Waals surface area contributed by atoms with Crippen molar-refractivity contribution in [1.82, 2.24) is 14.9 Å². The van der Waals surface area contributed by atoms with Gasteiger partial charge in [0.1, 0.15) is 17.0 Å². The van der Waals surface area contributed by atoms with E-state index in [-0.39, 0.29) is 10.9 Å². The summed E-state index contributed by atoms with van der Waals surface area (Å²) in [7, 11) is 0. The van der Waals surface area contributed by atoms with Crippen molar-refractivity contribution in [2.24, 2.45) is 0 Å². The van der Waals surface area contributed by atoms with Crippen LogP contribution in [0.15, 0.2) is 30.1 Å². The molecule has 3 heterocycles. The Morgan fingerprint density at radius 1 is 1.26 bits per heavy atom. The molecule has 1 aromatic carbocycles. The summed E-state index contributed by atoms with van der Waals surface area (Å²) in [5, 5.41) is 13.3. The van der Waals surface area contributed by atoms with Gasteiger partial charge in [0.15, 0.2) is 0 Å². The quantitative estimate of drug-likeness (QED) is 0.397. The molecule has 3 aromatic rings. The highest BCUT2D eigenvalue weighted by Crippen LogP contribution is 2.33. The number of fused-ring (bicyclic) bond motifs is 1. The van der Waals surface area contributed by atoms with E-state index in [1.807, 2.05) is 13.0 Å². The number of hydrogen-bond acceptors (Lipinski definition) is 6. The number of allylic oxidation sites excluding steroid dienone is 1. The minimum atomic E-state index is -4.24. The minimum Gasteiger partial charge on any atom is -0.367 e. The Morgan fingerprint density at radius 3 is 2.69 bits per heavy atom. The van der Waals surface area contributed by atoms with Crippen molar-refractivity contribution in [2.45, 2.75) is 58.8 Å². The molecule has 0 spiro atoms. The first-order valence-electron chi connectivity index (χ1n) is 11.6. The number of alkyl halides is 3. The Morgan fingerprint density at radius 2 is 2.00 bits per heavy atom. The van der Waals surface area contributed by atoms with Gasteiger partial charge in [-0.15, -0.1) is 11.3 Å². The Bertz CT molecular complexity index is 1280. The normalized spacial score (nSPS) is 16.0. The van der Waals surface area contributed by atoms with Gasteiger partial charge >= 0.3 is 6.18 Å². The number of benzene rings is 1. The third-order valence-electron chi connectivity index (χ3n) is 6.46. The number of rotatable bonds is 6. The van der Waals surface area contributed by atoms with E-state index in [4.69, 9.17) is 5.26 Å². The van der Waals surface area contributed by atoms with Crippen LogP contribution in [0, 0.1) is 25.2 Å². The maximum atomic E-state index is 12.8. The van der Waals surface area contributed by atoms with E-state index in [0.29, 0.717) is 21.6 Å². The molecule has 9 heteroatoms. The molecule has 35 heavy (non-hydrogen) atoms. The van der Waals surface area contributed by atoms with Gasteiger partial charge in [0.05, 0.1) is 17.9 Å². The fourth-order valence-electron chi connectivity index (χ4n) is 4.53. The number of thiophene rings is 1. The highest BCUT2D eigenvalue weighted by atomic mass is 32.1. The first-order valence-corrected chi connectivity index (χ1v) is 12.4. The SMILES string of the molecule is C/C(C#N)=C\c1c(C)ccc(CN2CCC(Nc3ncnc4sc(CC(F)(F)F)cc34)CC2)c1C. The van der Waals surface area contributed by atoms with Gasteiger partial charge in [0.2, 0.25) is 0 Å². The summed E-state index contributed by atoms with van der Waals surface area (Å²) in [4.78, 5) is 11.7. The van der Waals surface area contributed by atoms with E-state index in [0.717, 1.165) is 54.9 Å². The molecular formula is C26H28F3N5S. The molecule has 2 aromatic heterocycles. The van der Waals surface area contributed by atoms with Gasteiger partial charge in [0.25, 0.3) is 0 Å². The number of anilines is 1. The molecular weight excluding hydrogens is 471 g/mol. The lowest BCUT2D eigenvalue weighted by Gasteiger charge is -2.33. The molecule has 4 rings (SSSR count). The van der Waals surface area contributed by atoms with Crippen LogP contribution in [0.1, 0.15) is 46.9 Å². The summed E-state index contributed by atoms with van der Waals surface area (Å²) in [6.45, 7) is 8.65. The molecule has 0 bridgehead atoms. The molecule has 5 nitrogen and oxygen atoms in total. The fourth-order valence-corrected chi connectivity index (χ4v) is 5.55. The Labute approximate surface area is 207 Å². The number of nitrogens with one attached hydrogen (secondary N) is 1. The first kappa shape index (κ1) is 25.1. The smallest absolute Gasteiger partial charge is 0.367 e. The topological polar surface area (TPSA) is 64.8 Å². The van der Waals surface area contributed by atoms with Crippen molar-refractivity contribution in [1.29, 1.82) is 5.26 Å². The summed E-state index contributed by atoms with van der Waals surface area (Å²) < 4.78 is 38.4. The predicted molar refractivity (Wildman–Crippen MR) is 134 cm³/mol. The van der Waals surface area contributed by atoms with Gasteiger partial charge in [-0.25, -0.2) is 9.97 Å². The average molecular weight is 500 g/mol. The standard InChI is InChI=1S/C26H28F3N5S/c1-16(13-30)10-22-17(2)4-5-19(18(22)3)14-34-8-6-20(7-9-34)33-24-23-11-21(12-26(27,28)29)35-25(23)32-15-31-24/h4-5,10-11,15,20H,6-9,12,14H2,1-3H3,(H,31,32,33)/b16-10+. The molecule has 1 aliphatic heterocycles. The Balaban J connectivity index is 1.40. The van der Waals surface area contributed by atoms with Crippen LogP contribution in [0.2, 0.25) is 0 Å². The van der Waals surface area contributed by atoms with Crippen molar-refractivity contribution < 1.29 is 13.2 Å². The van der Waals surface area contributed by atoms with Gasteiger partial charge in [-0.05, 0) is 68.0 Å². The number of aromatic nitrogens is 2. The summed E-state index contributed by atoms with van der Waals surface area (Å²) >= 11 is 1.07. The van der Waals surface area contributed by atoms with Gasteiger partial charge in [0, 0.05) is 36.1 Å². The second-order valence-electron chi connectivity index (χ2n) is 9.16. The van der Waals surface area contributed by atoms with Gasteiger partial charge in [-0.2, -0.15) is 18.4 Å². The minimum absolute atomic E-state index is 0.200. The lowest BCUT2D eigenvalue weighted by molar-refractivity contribution is -0.126. The van der Waals surface area contributed by atoms with E-state index in [1.54, 1.807) is 6.07 Å². The molecule has 0 atom stereocenters. The molecule has 0 unspecified atom stereocenters. The zero-order chi connectivity index (χ0) is 25.2. The van der Waals surface area contributed by atoms with Crippen LogP contribution in [-0.4, -0.2) is 40.2 Å². The van der Waals surface area contributed by atoms with E-state index in [1.165, 1.54) is 17.5 Å². The summed E-state index contributed by atoms with van der Waals surface area (Å²) in [6, 6.07) is 8.24. The summed E-state index contributed by atoms with van der Waals surface area (Å²) in [6.07, 6.45) is 0.00569. The molecule has 0 aliphatic carbocycles. The number of aryl methyl sites for hydroxylation is 1. The number of likely N-dealkylation sites (tertiary alicyclic amines) is 1. The largest absolute Gasteiger partial charge is 0.393 e. The second kappa shape index (κ2) is 10.3. The molecule has 0 saturated carbocycles. The third-order valence-corrected chi connectivity index (χ3v) is 7.50. The number of hydrogen-bond donors (Lipinski definition) is 1. The number of piperidine rings is 1.